The molecule has 0 spiro atoms. The van der Waals surface area contributed by atoms with Crippen molar-refractivity contribution in [2.24, 2.45) is 0 Å². The second kappa shape index (κ2) is 5.05. The van der Waals surface area contributed by atoms with Gasteiger partial charge in [0.15, 0.2) is 5.76 Å². The first-order chi connectivity index (χ1) is 7.79. The number of hydrogen-bond donors (Lipinski definition) is 0. The quantitative estimate of drug-likeness (QED) is 0.437. The van der Waals surface area contributed by atoms with Crippen LogP contribution in [0.1, 0.15) is 18.6 Å². The second-order valence-electron chi connectivity index (χ2n) is 3.39. The standard InChI is InChI=1S/C13H10ClFO/c14-7-3-1-2-4-12-9-10-8-11(15)5-6-13(10)16-12/h5-6,8-9H,1,3,7H2. The van der Waals surface area contributed by atoms with Gasteiger partial charge in [-0.25, -0.2) is 4.39 Å². The Morgan fingerprint density at radius 3 is 3.00 bits per heavy atom. The minimum atomic E-state index is -0.269. The molecule has 2 rings (SSSR count). The van der Waals surface area contributed by atoms with Crippen molar-refractivity contribution in [2.45, 2.75) is 12.8 Å². The zero-order valence-electron chi connectivity index (χ0n) is 8.59. The van der Waals surface area contributed by atoms with E-state index in [2.05, 4.69) is 11.8 Å². The summed E-state index contributed by atoms with van der Waals surface area (Å²) in [5.74, 6) is 6.75. The van der Waals surface area contributed by atoms with E-state index in [1.54, 1.807) is 12.1 Å². The molecule has 0 fully saturated rings. The molecule has 1 aromatic carbocycles. The molecule has 0 radical (unpaired) electrons. The summed E-state index contributed by atoms with van der Waals surface area (Å²) < 4.78 is 18.3. The monoisotopic (exact) mass is 236 g/mol. The number of hydrogen-bond acceptors (Lipinski definition) is 1. The molecule has 1 heterocycles. The minimum absolute atomic E-state index is 0.269. The molecule has 2 aromatic rings. The van der Waals surface area contributed by atoms with Crippen LogP contribution in [0.3, 0.4) is 0 Å². The van der Waals surface area contributed by atoms with Gasteiger partial charge in [0.1, 0.15) is 11.4 Å². The van der Waals surface area contributed by atoms with E-state index in [0.29, 0.717) is 17.2 Å². The lowest BCUT2D eigenvalue weighted by molar-refractivity contribution is 0.597. The lowest BCUT2D eigenvalue weighted by Gasteiger charge is -1.86. The van der Waals surface area contributed by atoms with Crippen LogP contribution in [0, 0.1) is 17.7 Å². The molecule has 0 atom stereocenters. The van der Waals surface area contributed by atoms with E-state index < -0.39 is 0 Å². The highest BCUT2D eigenvalue weighted by Crippen LogP contribution is 2.19. The Morgan fingerprint density at radius 2 is 2.19 bits per heavy atom. The van der Waals surface area contributed by atoms with Crippen molar-refractivity contribution in [1.82, 2.24) is 0 Å². The Bertz CT molecular complexity index is 548. The SMILES string of the molecule is Fc1ccc2oc(C#CCCCCl)cc2c1. The highest BCUT2D eigenvalue weighted by Gasteiger charge is 2.01. The fourth-order valence-corrected chi connectivity index (χ4v) is 1.51. The summed E-state index contributed by atoms with van der Waals surface area (Å²) in [5.41, 5.74) is 0.656. The maximum Gasteiger partial charge on any atom is 0.178 e. The van der Waals surface area contributed by atoms with Gasteiger partial charge in [0.2, 0.25) is 0 Å². The first-order valence-electron chi connectivity index (χ1n) is 5.03. The second-order valence-corrected chi connectivity index (χ2v) is 3.77. The van der Waals surface area contributed by atoms with Gasteiger partial charge in [0, 0.05) is 23.8 Å². The van der Waals surface area contributed by atoms with Gasteiger partial charge in [-0.05, 0) is 30.5 Å². The van der Waals surface area contributed by atoms with Gasteiger partial charge < -0.3 is 4.42 Å². The van der Waals surface area contributed by atoms with Crippen LogP contribution in [0.25, 0.3) is 11.0 Å². The Kier molecular flexibility index (Phi) is 3.48. The minimum Gasteiger partial charge on any atom is -0.448 e. The first-order valence-corrected chi connectivity index (χ1v) is 5.57. The van der Waals surface area contributed by atoms with E-state index in [0.717, 1.165) is 18.2 Å². The molecule has 16 heavy (non-hydrogen) atoms. The fourth-order valence-electron chi connectivity index (χ4n) is 1.38. The van der Waals surface area contributed by atoms with Crippen molar-refractivity contribution < 1.29 is 8.81 Å². The van der Waals surface area contributed by atoms with E-state index >= 15 is 0 Å². The normalized spacial score (nSPS) is 10.1. The molecular weight excluding hydrogens is 227 g/mol. The Balaban J connectivity index is 2.21. The Hall–Kier alpha value is -1.46. The average molecular weight is 237 g/mol. The number of furan rings is 1. The highest BCUT2D eigenvalue weighted by atomic mass is 35.5. The molecule has 0 unspecified atom stereocenters. The Labute approximate surface area is 98.2 Å². The van der Waals surface area contributed by atoms with Crippen LogP contribution in [0.5, 0.6) is 0 Å². The van der Waals surface area contributed by atoms with E-state index in [9.17, 15) is 4.39 Å². The van der Waals surface area contributed by atoms with E-state index in [1.807, 2.05) is 0 Å². The molecule has 3 heteroatoms. The van der Waals surface area contributed by atoms with Crippen molar-refractivity contribution in [3.63, 3.8) is 0 Å². The van der Waals surface area contributed by atoms with Gasteiger partial charge in [-0.1, -0.05) is 5.92 Å². The zero-order chi connectivity index (χ0) is 11.4. The van der Waals surface area contributed by atoms with Gasteiger partial charge in [-0.15, -0.1) is 11.6 Å². The van der Waals surface area contributed by atoms with Crippen molar-refractivity contribution in [2.75, 3.05) is 5.88 Å². The third-order valence-corrected chi connectivity index (χ3v) is 2.39. The molecule has 0 aliphatic rings. The van der Waals surface area contributed by atoms with Gasteiger partial charge >= 0.3 is 0 Å². The Morgan fingerprint density at radius 1 is 1.31 bits per heavy atom. The molecule has 0 saturated carbocycles. The maximum absolute atomic E-state index is 12.9. The molecule has 0 saturated heterocycles. The van der Waals surface area contributed by atoms with Crippen LogP contribution in [-0.2, 0) is 0 Å². The maximum atomic E-state index is 12.9. The lowest BCUT2D eigenvalue weighted by atomic mass is 10.2. The number of fused-ring (bicyclic) bond motifs is 1. The summed E-state index contributed by atoms with van der Waals surface area (Å²) >= 11 is 5.53. The molecule has 1 aromatic heterocycles. The summed E-state index contributed by atoms with van der Waals surface area (Å²) in [4.78, 5) is 0. The third kappa shape index (κ3) is 2.56. The van der Waals surface area contributed by atoms with E-state index in [1.165, 1.54) is 12.1 Å². The summed E-state index contributed by atoms with van der Waals surface area (Å²) in [7, 11) is 0. The topological polar surface area (TPSA) is 13.1 Å². The predicted octanol–water partition coefficient (Wildman–Crippen LogP) is 3.94. The molecule has 0 bridgehead atoms. The zero-order valence-corrected chi connectivity index (χ0v) is 9.35. The van der Waals surface area contributed by atoms with E-state index in [4.69, 9.17) is 16.0 Å². The van der Waals surface area contributed by atoms with Crippen molar-refractivity contribution in [3.8, 4) is 11.8 Å². The number of benzene rings is 1. The van der Waals surface area contributed by atoms with Crippen LogP contribution in [0.2, 0.25) is 0 Å². The van der Waals surface area contributed by atoms with Gasteiger partial charge in [-0.2, -0.15) is 0 Å². The number of unbranched alkanes of at least 4 members (excludes halogenated alkanes) is 1. The van der Waals surface area contributed by atoms with Crippen LogP contribution < -0.4 is 0 Å². The van der Waals surface area contributed by atoms with Crippen LogP contribution in [-0.4, -0.2) is 5.88 Å². The summed E-state index contributed by atoms with van der Waals surface area (Å²) in [6.07, 6.45) is 1.61. The molecule has 0 amide bonds. The van der Waals surface area contributed by atoms with Gasteiger partial charge in [0.05, 0.1) is 0 Å². The van der Waals surface area contributed by atoms with Crippen molar-refractivity contribution in [3.05, 3.63) is 35.8 Å². The van der Waals surface area contributed by atoms with Gasteiger partial charge in [0.25, 0.3) is 0 Å². The third-order valence-electron chi connectivity index (χ3n) is 2.13. The van der Waals surface area contributed by atoms with Crippen LogP contribution >= 0.6 is 11.6 Å². The van der Waals surface area contributed by atoms with E-state index in [-0.39, 0.29) is 5.82 Å². The summed E-state index contributed by atoms with van der Waals surface area (Å²) in [6.45, 7) is 0. The average Bonchev–Trinajstić information content (AvgIpc) is 2.66. The molecule has 1 nitrogen and oxygen atoms in total. The highest BCUT2D eigenvalue weighted by molar-refractivity contribution is 6.17. The lowest BCUT2D eigenvalue weighted by Crippen LogP contribution is -1.71. The molecule has 0 N–H and O–H groups in total. The molecular formula is C13H10ClFO. The number of alkyl halides is 1. The molecule has 82 valence electrons. The predicted molar refractivity (Wildman–Crippen MR) is 63.0 cm³/mol. The van der Waals surface area contributed by atoms with Crippen LogP contribution in [0.15, 0.2) is 28.7 Å². The fraction of sp³-hybridized carbons (Fsp3) is 0.231. The van der Waals surface area contributed by atoms with Crippen molar-refractivity contribution in [1.29, 1.82) is 0 Å². The molecule has 0 aliphatic carbocycles. The van der Waals surface area contributed by atoms with Crippen molar-refractivity contribution >= 4 is 22.6 Å². The van der Waals surface area contributed by atoms with Crippen LogP contribution in [0.4, 0.5) is 4.39 Å². The number of rotatable bonds is 2. The summed E-state index contributed by atoms with van der Waals surface area (Å²) in [5, 5.41) is 0.738. The largest absolute Gasteiger partial charge is 0.448 e. The summed E-state index contributed by atoms with van der Waals surface area (Å²) in [6, 6.07) is 6.15. The first kappa shape index (κ1) is 11.0. The number of halogens is 2. The smallest absolute Gasteiger partial charge is 0.178 e. The van der Waals surface area contributed by atoms with Gasteiger partial charge in [-0.3, -0.25) is 0 Å². The molecule has 0 aliphatic heterocycles.